The van der Waals surface area contributed by atoms with Gasteiger partial charge in [-0.05, 0) is 38.4 Å². The zero-order chi connectivity index (χ0) is 18.8. The summed E-state index contributed by atoms with van der Waals surface area (Å²) in [7, 11) is -0.590. The van der Waals surface area contributed by atoms with Gasteiger partial charge in [-0.3, -0.25) is 4.79 Å². The Morgan fingerprint density at radius 3 is 2.38 bits per heavy atom. The first-order chi connectivity index (χ1) is 10.8. The molecule has 1 fully saturated rings. The Morgan fingerprint density at radius 2 is 1.88 bits per heavy atom. The van der Waals surface area contributed by atoms with E-state index in [2.05, 4.69) is 38.6 Å². The highest BCUT2D eigenvalue weighted by atomic mass is 28.4. The first kappa shape index (κ1) is 21.6. The molecule has 1 aliphatic heterocycles. The molecule has 0 aliphatic carbocycles. The van der Waals surface area contributed by atoms with E-state index >= 15 is 0 Å². The Labute approximate surface area is 146 Å². The van der Waals surface area contributed by atoms with Crippen molar-refractivity contribution < 1.29 is 28.5 Å². The summed E-state index contributed by atoms with van der Waals surface area (Å²) in [5, 5.41) is 10.7. The third kappa shape index (κ3) is 5.81. The Morgan fingerprint density at radius 1 is 1.29 bits per heavy atom. The van der Waals surface area contributed by atoms with E-state index in [0.29, 0.717) is 6.42 Å². The fourth-order valence-corrected chi connectivity index (χ4v) is 3.40. The van der Waals surface area contributed by atoms with Gasteiger partial charge >= 0.3 is 5.97 Å². The molecule has 142 valence electrons. The molecular weight excluding hydrogens is 328 g/mol. The predicted molar refractivity (Wildman–Crippen MR) is 94.2 cm³/mol. The minimum Gasteiger partial charge on any atom is -0.469 e. The summed E-state index contributed by atoms with van der Waals surface area (Å²) in [5.74, 6) is -1.09. The molecule has 0 spiro atoms. The number of rotatable bonds is 7. The van der Waals surface area contributed by atoms with Gasteiger partial charge in [0.15, 0.2) is 14.1 Å². The van der Waals surface area contributed by atoms with Crippen LogP contribution in [-0.2, 0) is 23.4 Å². The number of aliphatic hydroxyl groups is 1. The zero-order valence-electron chi connectivity index (χ0n) is 16.3. The van der Waals surface area contributed by atoms with Crippen molar-refractivity contribution in [1.29, 1.82) is 0 Å². The van der Waals surface area contributed by atoms with Gasteiger partial charge in [0, 0.05) is 6.42 Å². The summed E-state index contributed by atoms with van der Waals surface area (Å²) >= 11 is 0. The number of ether oxygens (including phenoxy) is 3. The van der Waals surface area contributed by atoms with E-state index in [0.717, 1.165) is 0 Å². The Hall–Kier alpha value is -0.473. The van der Waals surface area contributed by atoms with Gasteiger partial charge in [-0.25, -0.2) is 0 Å². The van der Waals surface area contributed by atoms with Crippen LogP contribution in [0, 0.1) is 0 Å². The van der Waals surface area contributed by atoms with Crippen molar-refractivity contribution in [1.82, 2.24) is 0 Å². The lowest BCUT2D eigenvalue weighted by atomic mass is 10.0. The van der Waals surface area contributed by atoms with Gasteiger partial charge in [-0.15, -0.1) is 0 Å². The van der Waals surface area contributed by atoms with Crippen LogP contribution in [0.5, 0.6) is 0 Å². The number of methoxy groups -OCH3 is 1. The van der Waals surface area contributed by atoms with E-state index in [9.17, 15) is 9.90 Å². The van der Waals surface area contributed by atoms with E-state index in [1.165, 1.54) is 7.11 Å². The van der Waals surface area contributed by atoms with Crippen molar-refractivity contribution in [3.63, 3.8) is 0 Å². The van der Waals surface area contributed by atoms with Crippen molar-refractivity contribution in [3.8, 4) is 0 Å². The molecule has 1 heterocycles. The molecule has 0 unspecified atom stereocenters. The molecule has 1 aliphatic rings. The van der Waals surface area contributed by atoms with E-state index < -0.39 is 26.3 Å². The van der Waals surface area contributed by atoms with Crippen molar-refractivity contribution >= 4 is 14.3 Å². The summed E-state index contributed by atoms with van der Waals surface area (Å²) < 4.78 is 22.5. The molecule has 0 aromatic heterocycles. The van der Waals surface area contributed by atoms with Gasteiger partial charge in [-0.1, -0.05) is 20.8 Å². The van der Waals surface area contributed by atoms with Crippen LogP contribution in [-0.4, -0.2) is 57.2 Å². The predicted octanol–water partition coefficient (Wildman–Crippen LogP) is 2.84. The van der Waals surface area contributed by atoms with Crippen LogP contribution in [0.4, 0.5) is 0 Å². The average molecular weight is 363 g/mol. The van der Waals surface area contributed by atoms with E-state index in [1.807, 2.05) is 0 Å². The minimum absolute atomic E-state index is 0.0727. The van der Waals surface area contributed by atoms with Gasteiger partial charge in [0.05, 0.1) is 19.8 Å². The highest BCUT2D eigenvalue weighted by Crippen LogP contribution is 2.37. The van der Waals surface area contributed by atoms with Crippen molar-refractivity contribution in [3.05, 3.63) is 0 Å². The Kier molecular flexibility index (Phi) is 7.03. The second-order valence-electron chi connectivity index (χ2n) is 8.39. The lowest BCUT2D eigenvalue weighted by Crippen LogP contribution is -2.46. The molecule has 1 saturated heterocycles. The largest absolute Gasteiger partial charge is 0.469 e. The first-order valence-corrected chi connectivity index (χ1v) is 11.4. The molecule has 1 N–H and O–H groups in total. The fraction of sp³-hybridized carbons (Fsp3) is 0.941. The van der Waals surface area contributed by atoms with Crippen LogP contribution in [0.1, 0.15) is 47.5 Å². The van der Waals surface area contributed by atoms with Gasteiger partial charge in [0.1, 0.15) is 12.2 Å². The lowest BCUT2D eigenvalue weighted by molar-refractivity contribution is -0.158. The highest BCUT2D eigenvalue weighted by Gasteiger charge is 2.46. The first-order valence-electron chi connectivity index (χ1n) is 8.53. The molecule has 3 atom stereocenters. The summed E-state index contributed by atoms with van der Waals surface area (Å²) in [5.41, 5.74) is 0. The molecule has 24 heavy (non-hydrogen) atoms. The quantitative estimate of drug-likeness (QED) is 0.554. The summed E-state index contributed by atoms with van der Waals surface area (Å²) in [4.78, 5) is 11.4. The molecular formula is C17H34O6Si. The lowest BCUT2D eigenvalue weighted by Gasteiger charge is -2.37. The second kappa shape index (κ2) is 7.82. The van der Waals surface area contributed by atoms with E-state index in [4.69, 9.17) is 13.9 Å². The van der Waals surface area contributed by atoms with Gasteiger partial charge < -0.3 is 23.7 Å². The van der Waals surface area contributed by atoms with E-state index in [1.54, 1.807) is 13.8 Å². The third-order valence-electron chi connectivity index (χ3n) is 4.88. The highest BCUT2D eigenvalue weighted by molar-refractivity contribution is 6.74. The standard InChI is InChI=1S/C17H34O6Si/c1-16(2,3)24(7,8)21-11-12(18)15-13(9-10-14(19)20-6)22-17(4,5)23-15/h12-13,15,18H,9-11H2,1-8H3/t12-,13-,15+/m1/s1. The van der Waals surface area contributed by atoms with Crippen LogP contribution >= 0.6 is 0 Å². The van der Waals surface area contributed by atoms with Crippen LogP contribution in [0.3, 0.4) is 0 Å². The Bertz CT molecular complexity index is 429. The SMILES string of the molecule is COC(=O)CC[C@H]1OC(C)(C)O[C@H]1[C@H](O)CO[Si](C)(C)C(C)(C)C. The Balaban J connectivity index is 2.68. The van der Waals surface area contributed by atoms with Gasteiger partial charge in [0.2, 0.25) is 0 Å². The molecule has 0 aromatic carbocycles. The maximum atomic E-state index is 11.4. The molecule has 0 saturated carbocycles. The molecule has 0 bridgehead atoms. The van der Waals surface area contributed by atoms with Crippen LogP contribution in [0.2, 0.25) is 18.1 Å². The molecule has 0 amide bonds. The summed E-state index contributed by atoms with van der Waals surface area (Å²) in [6.45, 7) is 14.6. The summed E-state index contributed by atoms with van der Waals surface area (Å²) in [6, 6.07) is 0. The molecule has 0 radical (unpaired) electrons. The molecule has 1 rings (SSSR count). The fourth-order valence-electron chi connectivity index (χ4n) is 2.38. The number of aliphatic hydroxyl groups excluding tert-OH is 1. The maximum absolute atomic E-state index is 11.4. The van der Waals surface area contributed by atoms with Crippen molar-refractivity contribution in [2.24, 2.45) is 0 Å². The van der Waals surface area contributed by atoms with Crippen LogP contribution in [0.15, 0.2) is 0 Å². The van der Waals surface area contributed by atoms with E-state index in [-0.39, 0.29) is 30.1 Å². The van der Waals surface area contributed by atoms with Crippen molar-refractivity contribution in [2.75, 3.05) is 13.7 Å². The average Bonchev–Trinajstić information content (AvgIpc) is 2.76. The minimum atomic E-state index is -1.95. The topological polar surface area (TPSA) is 74.2 Å². The number of carbonyl (C=O) groups is 1. The van der Waals surface area contributed by atoms with Gasteiger partial charge in [0.25, 0.3) is 0 Å². The number of hydrogen-bond acceptors (Lipinski definition) is 6. The van der Waals surface area contributed by atoms with Gasteiger partial charge in [-0.2, -0.15) is 0 Å². The molecule has 7 heteroatoms. The number of hydrogen-bond donors (Lipinski definition) is 1. The number of esters is 1. The smallest absolute Gasteiger partial charge is 0.305 e. The van der Waals surface area contributed by atoms with Crippen LogP contribution < -0.4 is 0 Å². The zero-order valence-corrected chi connectivity index (χ0v) is 17.3. The maximum Gasteiger partial charge on any atom is 0.305 e. The van der Waals surface area contributed by atoms with Crippen LogP contribution in [0.25, 0.3) is 0 Å². The molecule has 6 nitrogen and oxygen atoms in total. The third-order valence-corrected chi connectivity index (χ3v) is 9.38. The molecule has 0 aromatic rings. The normalized spacial score (nSPS) is 25.5. The summed E-state index contributed by atoms with van der Waals surface area (Å²) in [6.07, 6.45) is -1.01. The second-order valence-corrected chi connectivity index (χ2v) is 13.2. The number of carbonyl (C=O) groups excluding carboxylic acids is 1. The monoisotopic (exact) mass is 362 g/mol. The van der Waals surface area contributed by atoms with Crippen molar-refractivity contribution in [2.45, 2.75) is 89.7 Å².